The average Bonchev–Trinajstić information content (AvgIpc) is 1.94. The van der Waals surface area contributed by atoms with Crippen LogP contribution in [0.2, 0.25) is 5.15 Å². The Hall–Kier alpha value is -0.830. The lowest BCUT2D eigenvalue weighted by molar-refractivity contribution is 0.379. The van der Waals surface area contributed by atoms with Gasteiger partial charge in [-0.2, -0.15) is 4.98 Å². The number of rotatable bonds is 1. The van der Waals surface area contributed by atoms with Crippen LogP contribution in [0.4, 0.5) is 0 Å². The second kappa shape index (κ2) is 2.84. The fourth-order valence-corrected chi connectivity index (χ4v) is 0.475. The van der Waals surface area contributed by atoms with Gasteiger partial charge in [-0.25, -0.2) is 4.98 Å². The van der Waals surface area contributed by atoms with E-state index in [2.05, 4.69) is 14.7 Å². The van der Waals surface area contributed by atoms with Crippen LogP contribution in [0.3, 0.4) is 0 Å². The Kier molecular flexibility index (Phi) is 0.664. The fraction of sp³-hybridized carbons (Fsp3) is 0.333. The number of halogens is 1. The van der Waals surface area contributed by atoms with E-state index in [0.29, 0.717) is 0 Å². The van der Waals surface area contributed by atoms with Gasteiger partial charge in [0.1, 0.15) is 5.15 Å². The summed E-state index contributed by atoms with van der Waals surface area (Å²) < 4.78 is 53.4. The van der Waals surface area contributed by atoms with Crippen molar-refractivity contribution < 1.29 is 14.3 Å². The molecule has 0 fully saturated rings. The molecule has 0 saturated carbocycles. The molecule has 10 heavy (non-hydrogen) atoms. The van der Waals surface area contributed by atoms with E-state index in [1.54, 1.807) is 0 Å². The molecule has 0 aliphatic carbocycles. The third-order valence-electron chi connectivity index (χ3n) is 0.755. The van der Waals surface area contributed by atoms with Crippen molar-refractivity contribution >= 4 is 11.6 Å². The van der Waals surface area contributed by atoms with Crippen molar-refractivity contribution in [3.63, 3.8) is 0 Å². The van der Waals surface area contributed by atoms with Crippen LogP contribution >= 0.6 is 11.6 Å². The SMILES string of the molecule is [2H]c1nc(OC([2H])([2H])[2H])nc(Cl)c1C([2H])([2H])[2H]. The molecule has 0 aromatic carbocycles. The number of aromatic nitrogens is 2. The second-order valence-corrected chi connectivity index (χ2v) is 1.74. The predicted octanol–water partition coefficient (Wildman–Crippen LogP) is 1.45. The molecule has 0 bridgehead atoms. The molecule has 1 heterocycles. The molecule has 0 amide bonds. The lowest BCUT2D eigenvalue weighted by Crippen LogP contribution is -1.92. The monoisotopic (exact) mass is 165 g/mol. The number of hydrogen-bond acceptors (Lipinski definition) is 3. The fourth-order valence-electron chi connectivity index (χ4n) is 0.360. The van der Waals surface area contributed by atoms with Gasteiger partial charge in [0, 0.05) is 15.8 Å². The molecule has 0 radical (unpaired) electrons. The highest BCUT2D eigenvalue weighted by molar-refractivity contribution is 6.30. The maximum absolute atomic E-state index is 7.36. The predicted molar refractivity (Wildman–Crippen MR) is 38.3 cm³/mol. The molecule has 1 aromatic heterocycles. The van der Waals surface area contributed by atoms with Gasteiger partial charge < -0.3 is 4.74 Å². The van der Waals surface area contributed by atoms with Gasteiger partial charge in [0.2, 0.25) is 0 Å². The Balaban J connectivity index is 3.19. The van der Waals surface area contributed by atoms with Gasteiger partial charge in [0.25, 0.3) is 0 Å². The molecule has 4 heteroatoms. The zero-order valence-corrected chi connectivity index (χ0v) is 5.44. The minimum Gasteiger partial charge on any atom is -0.467 e. The maximum atomic E-state index is 7.36. The topological polar surface area (TPSA) is 35.0 Å². The summed E-state index contributed by atoms with van der Waals surface area (Å²) in [5.41, 5.74) is -0.544. The van der Waals surface area contributed by atoms with Crippen molar-refractivity contribution in [1.29, 1.82) is 0 Å². The summed E-state index contributed by atoms with van der Waals surface area (Å²) in [5, 5.41) is -0.524. The Labute approximate surface area is 73.9 Å². The van der Waals surface area contributed by atoms with Crippen LogP contribution in [-0.2, 0) is 0 Å². The molecule has 54 valence electrons. The summed E-state index contributed by atoms with van der Waals surface area (Å²) in [6.45, 7) is -2.65. The van der Waals surface area contributed by atoms with Gasteiger partial charge in [0.05, 0.1) is 12.5 Å². The molecule has 0 unspecified atom stereocenters. The van der Waals surface area contributed by atoms with E-state index in [1.807, 2.05) is 0 Å². The van der Waals surface area contributed by atoms with Crippen LogP contribution in [0.1, 0.15) is 15.2 Å². The van der Waals surface area contributed by atoms with E-state index >= 15 is 0 Å². The first-order valence-electron chi connectivity index (χ1n) is 5.74. The van der Waals surface area contributed by atoms with E-state index in [1.165, 1.54) is 0 Å². The molecule has 0 spiro atoms. The first-order valence-corrected chi connectivity index (χ1v) is 2.62. The van der Waals surface area contributed by atoms with Crippen molar-refractivity contribution in [3.8, 4) is 6.01 Å². The van der Waals surface area contributed by atoms with Crippen molar-refractivity contribution in [1.82, 2.24) is 9.97 Å². The van der Waals surface area contributed by atoms with E-state index in [-0.39, 0.29) is 0 Å². The Morgan fingerprint density at radius 2 is 2.80 bits per heavy atom. The summed E-state index contributed by atoms with van der Waals surface area (Å²) in [6, 6.07) is -0.659. The molecule has 0 saturated heterocycles. The van der Waals surface area contributed by atoms with Gasteiger partial charge in [-0.15, -0.1) is 0 Å². The van der Waals surface area contributed by atoms with Crippen LogP contribution in [-0.4, -0.2) is 17.0 Å². The van der Waals surface area contributed by atoms with Crippen LogP contribution in [0.5, 0.6) is 6.01 Å². The van der Waals surface area contributed by atoms with Crippen LogP contribution in [0.15, 0.2) is 6.17 Å². The van der Waals surface area contributed by atoms with Gasteiger partial charge in [-0.1, -0.05) is 11.6 Å². The van der Waals surface area contributed by atoms with Crippen molar-refractivity contribution in [3.05, 3.63) is 16.9 Å². The largest absolute Gasteiger partial charge is 0.467 e. The van der Waals surface area contributed by atoms with E-state index in [0.717, 1.165) is 0 Å². The average molecular weight is 166 g/mol. The summed E-state index contributed by atoms with van der Waals surface area (Å²) >= 11 is 5.55. The van der Waals surface area contributed by atoms with Crippen LogP contribution in [0, 0.1) is 6.85 Å². The van der Waals surface area contributed by atoms with Gasteiger partial charge in [-0.05, 0) is 6.85 Å². The first-order chi connectivity index (χ1) is 7.50. The molecular formula is C6H7ClN2O. The van der Waals surface area contributed by atoms with Gasteiger partial charge in [0.15, 0.2) is 0 Å². The molecule has 0 N–H and O–H groups in total. The summed E-state index contributed by atoms with van der Waals surface area (Å²) in [4.78, 5) is 6.69. The number of nitrogens with zero attached hydrogens (tertiary/aromatic N) is 2. The molecule has 1 aromatic rings. The van der Waals surface area contributed by atoms with E-state index < -0.39 is 36.8 Å². The Morgan fingerprint density at radius 1 is 1.90 bits per heavy atom. The summed E-state index contributed by atoms with van der Waals surface area (Å²) in [5.74, 6) is 0. The molecule has 0 atom stereocenters. The number of ether oxygens (including phenoxy) is 1. The highest BCUT2D eigenvalue weighted by atomic mass is 35.5. The lowest BCUT2D eigenvalue weighted by atomic mass is 10.4. The lowest BCUT2D eigenvalue weighted by Gasteiger charge is -1.98. The highest BCUT2D eigenvalue weighted by Crippen LogP contribution is 2.12. The third kappa shape index (κ3) is 1.36. The van der Waals surface area contributed by atoms with Crippen molar-refractivity contribution in [2.75, 3.05) is 7.04 Å². The third-order valence-corrected chi connectivity index (χ3v) is 1.03. The van der Waals surface area contributed by atoms with Gasteiger partial charge in [-0.3, -0.25) is 0 Å². The zero-order chi connectivity index (χ0) is 13.4. The minimum absolute atomic E-state index is 0.524. The van der Waals surface area contributed by atoms with Gasteiger partial charge >= 0.3 is 6.01 Å². The van der Waals surface area contributed by atoms with Crippen molar-refractivity contribution in [2.45, 2.75) is 6.85 Å². The van der Waals surface area contributed by atoms with Crippen LogP contribution < -0.4 is 4.74 Å². The molecule has 0 aliphatic heterocycles. The Bertz CT molecular complexity index is 406. The molecule has 0 aliphatic rings. The molecule has 3 nitrogen and oxygen atoms in total. The standard InChI is InChI=1S/C6H7ClN2O/c1-4-3-8-6(10-2)9-5(4)7/h3H,1-2H3/i1D3,2D3,3D. The number of methoxy groups -OCH3 is 1. The summed E-state index contributed by atoms with van der Waals surface area (Å²) in [7, 11) is -2.79. The Morgan fingerprint density at radius 3 is 3.40 bits per heavy atom. The summed E-state index contributed by atoms with van der Waals surface area (Å²) in [6.07, 6.45) is -0.691. The van der Waals surface area contributed by atoms with E-state index in [4.69, 9.17) is 21.2 Å². The number of hydrogen-bond donors (Lipinski definition) is 0. The molecular weight excluding hydrogens is 152 g/mol. The highest BCUT2D eigenvalue weighted by Gasteiger charge is 1.98. The quantitative estimate of drug-likeness (QED) is 0.591. The normalized spacial score (nSPS) is 22.3. The second-order valence-electron chi connectivity index (χ2n) is 1.39. The minimum atomic E-state index is -2.79. The first kappa shape index (κ1) is 2.34. The van der Waals surface area contributed by atoms with E-state index in [9.17, 15) is 0 Å². The van der Waals surface area contributed by atoms with Crippen molar-refractivity contribution in [2.24, 2.45) is 0 Å². The molecule has 1 rings (SSSR count). The zero-order valence-electron chi connectivity index (χ0n) is 11.7. The van der Waals surface area contributed by atoms with Crippen LogP contribution in [0.25, 0.3) is 0 Å². The maximum Gasteiger partial charge on any atom is 0.317 e. The smallest absolute Gasteiger partial charge is 0.317 e.